The van der Waals surface area contributed by atoms with Crippen molar-refractivity contribution in [3.63, 3.8) is 0 Å². The maximum atomic E-state index is 13.5. The SMILES string of the molecule is Cc1cccc(NC(=O)Nc2cc(C(F)(F)F)ccc2F)c1. The molecule has 0 fully saturated rings. The molecular formula is C15H12F4N2O. The molecule has 0 aliphatic heterocycles. The molecule has 0 aliphatic rings. The summed E-state index contributed by atoms with van der Waals surface area (Å²) in [6.45, 7) is 1.82. The number of carbonyl (C=O) groups excluding carboxylic acids is 1. The molecule has 2 aromatic carbocycles. The van der Waals surface area contributed by atoms with Crippen molar-refractivity contribution in [3.8, 4) is 0 Å². The van der Waals surface area contributed by atoms with Gasteiger partial charge in [0.2, 0.25) is 0 Å². The summed E-state index contributed by atoms with van der Waals surface area (Å²) < 4.78 is 51.2. The first-order chi connectivity index (χ1) is 10.3. The Labute approximate surface area is 124 Å². The lowest BCUT2D eigenvalue weighted by Gasteiger charge is -2.12. The molecule has 3 nitrogen and oxygen atoms in total. The van der Waals surface area contributed by atoms with Gasteiger partial charge in [-0.25, -0.2) is 9.18 Å². The summed E-state index contributed by atoms with van der Waals surface area (Å²) in [6, 6.07) is 7.78. The van der Waals surface area contributed by atoms with Gasteiger partial charge in [-0.05, 0) is 42.8 Å². The Kier molecular flexibility index (Phi) is 4.35. The molecule has 0 spiro atoms. The number of hydrogen-bond acceptors (Lipinski definition) is 1. The van der Waals surface area contributed by atoms with E-state index in [4.69, 9.17) is 0 Å². The molecule has 116 valence electrons. The summed E-state index contributed by atoms with van der Waals surface area (Å²) in [5.41, 5.74) is -0.243. The molecule has 0 bridgehead atoms. The Morgan fingerprint density at radius 2 is 1.77 bits per heavy atom. The molecule has 22 heavy (non-hydrogen) atoms. The molecule has 2 amide bonds. The number of anilines is 2. The molecule has 0 saturated carbocycles. The lowest BCUT2D eigenvalue weighted by molar-refractivity contribution is -0.137. The van der Waals surface area contributed by atoms with E-state index in [1.165, 1.54) is 0 Å². The van der Waals surface area contributed by atoms with E-state index in [-0.39, 0.29) is 0 Å². The number of nitrogens with one attached hydrogen (secondary N) is 2. The van der Waals surface area contributed by atoms with Gasteiger partial charge in [0.15, 0.2) is 0 Å². The number of rotatable bonds is 2. The van der Waals surface area contributed by atoms with E-state index in [0.717, 1.165) is 5.56 Å². The quantitative estimate of drug-likeness (QED) is 0.769. The summed E-state index contributed by atoms with van der Waals surface area (Å²) in [6.07, 6.45) is -4.61. The highest BCUT2D eigenvalue weighted by Gasteiger charge is 2.31. The Bertz CT molecular complexity index is 698. The molecule has 0 aliphatic carbocycles. The van der Waals surface area contributed by atoms with E-state index in [1.54, 1.807) is 18.2 Å². The van der Waals surface area contributed by atoms with Crippen molar-refractivity contribution in [2.24, 2.45) is 0 Å². The Balaban J connectivity index is 2.14. The van der Waals surface area contributed by atoms with Crippen LogP contribution in [0.4, 0.5) is 33.7 Å². The van der Waals surface area contributed by atoms with Crippen LogP contribution in [0.2, 0.25) is 0 Å². The van der Waals surface area contributed by atoms with E-state index in [1.807, 2.05) is 13.0 Å². The van der Waals surface area contributed by atoms with Crippen molar-refractivity contribution >= 4 is 17.4 Å². The topological polar surface area (TPSA) is 41.1 Å². The van der Waals surface area contributed by atoms with Gasteiger partial charge in [-0.1, -0.05) is 12.1 Å². The van der Waals surface area contributed by atoms with Crippen molar-refractivity contribution in [3.05, 3.63) is 59.4 Å². The fraction of sp³-hybridized carbons (Fsp3) is 0.133. The van der Waals surface area contributed by atoms with Gasteiger partial charge in [-0.15, -0.1) is 0 Å². The number of alkyl halides is 3. The van der Waals surface area contributed by atoms with Crippen molar-refractivity contribution in [2.75, 3.05) is 10.6 Å². The highest BCUT2D eigenvalue weighted by Crippen LogP contribution is 2.31. The zero-order valence-corrected chi connectivity index (χ0v) is 11.5. The summed E-state index contributed by atoms with van der Waals surface area (Å²) in [4.78, 5) is 11.7. The second-order valence-corrected chi connectivity index (χ2v) is 4.64. The van der Waals surface area contributed by atoms with E-state index < -0.39 is 29.3 Å². The number of carbonyl (C=O) groups is 1. The van der Waals surface area contributed by atoms with Crippen molar-refractivity contribution in [2.45, 2.75) is 13.1 Å². The van der Waals surface area contributed by atoms with Gasteiger partial charge in [-0.3, -0.25) is 0 Å². The van der Waals surface area contributed by atoms with Gasteiger partial charge in [-0.2, -0.15) is 13.2 Å². The molecule has 0 aromatic heterocycles. The summed E-state index contributed by atoms with van der Waals surface area (Å²) in [5, 5.41) is 4.48. The van der Waals surface area contributed by atoms with Crippen LogP contribution in [0.15, 0.2) is 42.5 Å². The maximum absolute atomic E-state index is 13.5. The average molecular weight is 312 g/mol. The van der Waals surface area contributed by atoms with Crippen molar-refractivity contribution in [1.82, 2.24) is 0 Å². The third-order valence-electron chi connectivity index (χ3n) is 2.82. The zero-order chi connectivity index (χ0) is 16.3. The second-order valence-electron chi connectivity index (χ2n) is 4.64. The van der Waals surface area contributed by atoms with Crippen LogP contribution >= 0.6 is 0 Å². The van der Waals surface area contributed by atoms with Crippen molar-refractivity contribution < 1.29 is 22.4 Å². The maximum Gasteiger partial charge on any atom is 0.416 e. The molecule has 7 heteroatoms. The Hall–Kier alpha value is -2.57. The van der Waals surface area contributed by atoms with Gasteiger partial charge in [0.05, 0.1) is 11.3 Å². The fourth-order valence-electron chi connectivity index (χ4n) is 1.80. The van der Waals surface area contributed by atoms with Crippen LogP contribution in [0.5, 0.6) is 0 Å². The van der Waals surface area contributed by atoms with Crippen LogP contribution in [0.1, 0.15) is 11.1 Å². The predicted molar refractivity (Wildman–Crippen MR) is 75.2 cm³/mol. The lowest BCUT2D eigenvalue weighted by Crippen LogP contribution is -2.20. The van der Waals surface area contributed by atoms with Crippen LogP contribution in [-0.4, -0.2) is 6.03 Å². The number of urea groups is 1. The van der Waals surface area contributed by atoms with Crippen LogP contribution < -0.4 is 10.6 Å². The van der Waals surface area contributed by atoms with Gasteiger partial charge in [0.25, 0.3) is 0 Å². The monoisotopic (exact) mass is 312 g/mol. The summed E-state index contributed by atoms with van der Waals surface area (Å²) in [7, 11) is 0. The predicted octanol–water partition coefficient (Wildman–Crippen LogP) is 4.80. The smallest absolute Gasteiger partial charge is 0.308 e. The van der Waals surface area contributed by atoms with E-state index in [2.05, 4.69) is 10.6 Å². The van der Waals surface area contributed by atoms with Crippen LogP contribution in [-0.2, 0) is 6.18 Å². The van der Waals surface area contributed by atoms with Gasteiger partial charge in [0.1, 0.15) is 5.82 Å². The third-order valence-corrected chi connectivity index (χ3v) is 2.82. The Morgan fingerprint density at radius 1 is 1.05 bits per heavy atom. The average Bonchev–Trinajstić information content (AvgIpc) is 2.40. The zero-order valence-electron chi connectivity index (χ0n) is 11.5. The number of halogens is 4. The number of amides is 2. The van der Waals surface area contributed by atoms with Crippen molar-refractivity contribution in [1.29, 1.82) is 0 Å². The van der Waals surface area contributed by atoms with E-state index >= 15 is 0 Å². The number of benzene rings is 2. The summed E-state index contributed by atoms with van der Waals surface area (Å²) in [5.74, 6) is -0.951. The fourth-order valence-corrected chi connectivity index (χ4v) is 1.80. The van der Waals surface area contributed by atoms with Crippen LogP contribution in [0.3, 0.4) is 0 Å². The second kappa shape index (κ2) is 6.05. The molecule has 2 N–H and O–H groups in total. The van der Waals surface area contributed by atoms with Gasteiger partial charge >= 0.3 is 12.2 Å². The normalized spacial score (nSPS) is 11.1. The van der Waals surface area contributed by atoms with Crippen LogP contribution in [0.25, 0.3) is 0 Å². The van der Waals surface area contributed by atoms with Gasteiger partial charge < -0.3 is 10.6 Å². The van der Waals surface area contributed by atoms with E-state index in [9.17, 15) is 22.4 Å². The van der Waals surface area contributed by atoms with E-state index in [0.29, 0.717) is 23.9 Å². The first-order valence-electron chi connectivity index (χ1n) is 6.27. The lowest BCUT2D eigenvalue weighted by atomic mass is 10.2. The molecule has 0 atom stereocenters. The largest absolute Gasteiger partial charge is 0.416 e. The van der Waals surface area contributed by atoms with Gasteiger partial charge in [0, 0.05) is 5.69 Å². The number of hydrogen-bond donors (Lipinski definition) is 2. The molecule has 2 rings (SSSR count). The third kappa shape index (κ3) is 3.97. The molecule has 0 heterocycles. The molecule has 0 saturated heterocycles. The first kappa shape index (κ1) is 15.8. The highest BCUT2D eigenvalue weighted by atomic mass is 19.4. The minimum absolute atomic E-state index is 0.449. The number of aryl methyl sites for hydroxylation is 1. The minimum atomic E-state index is -4.61. The standard InChI is InChI=1S/C15H12F4N2O/c1-9-3-2-4-11(7-9)20-14(22)21-13-8-10(15(17,18)19)5-6-12(13)16/h2-8H,1H3,(H2,20,21,22). The molecule has 2 aromatic rings. The Morgan fingerprint density at radius 3 is 2.41 bits per heavy atom. The molecule has 0 unspecified atom stereocenters. The molecular weight excluding hydrogens is 300 g/mol. The van der Waals surface area contributed by atoms with Crippen LogP contribution in [0, 0.1) is 12.7 Å². The minimum Gasteiger partial charge on any atom is -0.308 e. The highest BCUT2D eigenvalue weighted by molar-refractivity contribution is 5.99. The summed E-state index contributed by atoms with van der Waals surface area (Å²) >= 11 is 0. The first-order valence-corrected chi connectivity index (χ1v) is 6.27. The molecule has 0 radical (unpaired) electrons.